The van der Waals surface area contributed by atoms with Crippen molar-refractivity contribution < 1.29 is 4.74 Å². The van der Waals surface area contributed by atoms with Crippen LogP contribution >= 0.6 is 0 Å². The molecular weight excluding hydrogens is 172 g/mol. The van der Waals surface area contributed by atoms with Crippen LogP contribution in [-0.2, 0) is 4.74 Å². The fraction of sp³-hybridized carbons (Fsp3) is 0.846. The molecule has 0 aromatic carbocycles. The van der Waals surface area contributed by atoms with E-state index >= 15 is 0 Å². The molecule has 1 nitrogen and oxygen atoms in total. The lowest BCUT2D eigenvalue weighted by Gasteiger charge is -2.04. The van der Waals surface area contributed by atoms with Crippen LogP contribution in [0.3, 0.4) is 0 Å². The van der Waals surface area contributed by atoms with Gasteiger partial charge in [0.25, 0.3) is 0 Å². The Morgan fingerprint density at radius 2 is 1.07 bits per heavy atom. The summed E-state index contributed by atoms with van der Waals surface area (Å²) in [6.45, 7) is 1.90. The minimum atomic E-state index is 0.932. The molecule has 1 heterocycles. The second-order valence-corrected chi connectivity index (χ2v) is 3.94. The zero-order chi connectivity index (χ0) is 9.90. The number of rotatable bonds is 0. The monoisotopic (exact) mass is 194 g/mol. The van der Waals surface area contributed by atoms with Crippen LogP contribution in [-0.4, -0.2) is 13.2 Å². The summed E-state index contributed by atoms with van der Waals surface area (Å²) >= 11 is 0. The molecule has 0 radical (unpaired) electrons. The Morgan fingerprint density at radius 1 is 0.571 bits per heavy atom. The van der Waals surface area contributed by atoms with Gasteiger partial charge in [-0.25, -0.2) is 0 Å². The summed E-state index contributed by atoms with van der Waals surface area (Å²) in [5.41, 5.74) is 0. The van der Waals surface area contributed by atoms with Crippen LogP contribution in [0.4, 0.5) is 0 Å². The molecule has 1 heteroatoms. The fourth-order valence-corrected chi connectivity index (χ4v) is 1.64. The van der Waals surface area contributed by atoms with Crippen molar-refractivity contribution in [1.82, 2.24) is 0 Å². The van der Waals surface area contributed by atoms with Gasteiger partial charge in [-0.2, -0.15) is 0 Å². The summed E-state index contributed by atoms with van der Waals surface area (Å²) in [5.74, 6) is 6.48. The van der Waals surface area contributed by atoms with E-state index in [1.54, 1.807) is 0 Å². The first-order valence-corrected chi connectivity index (χ1v) is 6.03. The van der Waals surface area contributed by atoms with Crippen LogP contribution in [0.2, 0.25) is 0 Å². The molecule has 0 N–H and O–H groups in total. The molecule has 0 spiro atoms. The highest BCUT2D eigenvalue weighted by molar-refractivity contribution is 4.98. The van der Waals surface area contributed by atoms with Gasteiger partial charge in [0.2, 0.25) is 0 Å². The molecule has 1 aliphatic rings. The van der Waals surface area contributed by atoms with E-state index in [9.17, 15) is 0 Å². The van der Waals surface area contributed by atoms with Crippen LogP contribution < -0.4 is 0 Å². The molecule has 0 fully saturated rings. The Kier molecular flexibility index (Phi) is 7.53. The van der Waals surface area contributed by atoms with Crippen LogP contribution in [0.25, 0.3) is 0 Å². The lowest BCUT2D eigenvalue weighted by Crippen LogP contribution is -1.97. The van der Waals surface area contributed by atoms with Gasteiger partial charge in [0.1, 0.15) is 0 Å². The number of hydrogen-bond acceptors (Lipinski definition) is 1. The summed E-state index contributed by atoms with van der Waals surface area (Å²) in [7, 11) is 0. The highest BCUT2D eigenvalue weighted by atomic mass is 16.5. The van der Waals surface area contributed by atoms with Crippen molar-refractivity contribution in [3.63, 3.8) is 0 Å². The molecule has 0 aliphatic carbocycles. The van der Waals surface area contributed by atoms with Gasteiger partial charge in [-0.05, 0) is 25.7 Å². The smallest absolute Gasteiger partial charge is 0.0466 e. The summed E-state index contributed by atoms with van der Waals surface area (Å²) in [6.07, 6.45) is 11.1. The van der Waals surface area contributed by atoms with Crippen molar-refractivity contribution in [3.8, 4) is 11.8 Å². The Morgan fingerprint density at radius 3 is 1.86 bits per heavy atom. The molecule has 0 aromatic heterocycles. The maximum Gasteiger partial charge on any atom is 0.0466 e. The van der Waals surface area contributed by atoms with Gasteiger partial charge >= 0.3 is 0 Å². The fourth-order valence-electron chi connectivity index (χ4n) is 1.64. The summed E-state index contributed by atoms with van der Waals surface area (Å²) in [4.78, 5) is 0. The summed E-state index contributed by atoms with van der Waals surface area (Å²) in [5, 5.41) is 0. The summed E-state index contributed by atoms with van der Waals surface area (Å²) in [6, 6.07) is 0. The van der Waals surface area contributed by atoms with E-state index < -0.39 is 0 Å². The molecule has 1 aliphatic heterocycles. The molecule has 14 heavy (non-hydrogen) atoms. The van der Waals surface area contributed by atoms with Gasteiger partial charge in [0.05, 0.1) is 0 Å². The quantitative estimate of drug-likeness (QED) is 0.536. The van der Waals surface area contributed by atoms with Crippen molar-refractivity contribution in [2.24, 2.45) is 0 Å². The summed E-state index contributed by atoms with van der Waals surface area (Å²) < 4.78 is 5.53. The van der Waals surface area contributed by atoms with Crippen molar-refractivity contribution in [1.29, 1.82) is 0 Å². The van der Waals surface area contributed by atoms with Crippen LogP contribution in [0.15, 0.2) is 0 Å². The lowest BCUT2D eigenvalue weighted by molar-refractivity contribution is 0.126. The van der Waals surface area contributed by atoms with E-state index in [0.29, 0.717) is 0 Å². The Balaban J connectivity index is 2.12. The molecule has 0 aromatic rings. The molecule has 0 saturated carbocycles. The van der Waals surface area contributed by atoms with Gasteiger partial charge in [-0.15, -0.1) is 11.8 Å². The number of hydrogen-bond donors (Lipinski definition) is 0. The topological polar surface area (TPSA) is 9.23 Å². The normalized spacial score (nSPS) is 21.7. The standard InChI is InChI=1S/C13H22O/c1-2-4-6-8-10-12-14-13-11-9-7-5-3-1/h1-2,4,6-13H2. The van der Waals surface area contributed by atoms with Gasteiger partial charge in [-0.1, -0.05) is 19.3 Å². The average molecular weight is 194 g/mol. The van der Waals surface area contributed by atoms with Gasteiger partial charge in [0.15, 0.2) is 0 Å². The maximum atomic E-state index is 5.53. The SMILES string of the molecule is C1#CCCCCOCCCCCCC1. The van der Waals surface area contributed by atoms with E-state index in [1.807, 2.05) is 0 Å². The predicted octanol–water partition coefficient (Wildman–Crippen LogP) is 3.53. The minimum Gasteiger partial charge on any atom is -0.381 e. The van der Waals surface area contributed by atoms with Gasteiger partial charge in [-0.3, -0.25) is 0 Å². The van der Waals surface area contributed by atoms with E-state index in [4.69, 9.17) is 4.74 Å². The molecule has 1 rings (SSSR count). The minimum absolute atomic E-state index is 0.932. The predicted molar refractivity (Wildman–Crippen MR) is 60.1 cm³/mol. The van der Waals surface area contributed by atoms with E-state index in [-0.39, 0.29) is 0 Å². The first-order valence-electron chi connectivity index (χ1n) is 6.03. The van der Waals surface area contributed by atoms with Gasteiger partial charge in [0, 0.05) is 26.1 Å². The van der Waals surface area contributed by atoms with Crippen molar-refractivity contribution in [2.75, 3.05) is 13.2 Å². The van der Waals surface area contributed by atoms with E-state index in [1.165, 1.54) is 44.9 Å². The zero-order valence-electron chi connectivity index (χ0n) is 9.19. The molecule has 0 bridgehead atoms. The highest BCUT2D eigenvalue weighted by Gasteiger charge is 1.93. The molecule has 0 saturated heterocycles. The number of ether oxygens (including phenoxy) is 1. The second kappa shape index (κ2) is 9.09. The molecule has 80 valence electrons. The molecule has 0 atom stereocenters. The first kappa shape index (κ1) is 11.6. The molecule has 0 unspecified atom stereocenters. The van der Waals surface area contributed by atoms with Crippen LogP contribution in [0.1, 0.15) is 57.8 Å². The van der Waals surface area contributed by atoms with E-state index in [0.717, 1.165) is 26.1 Å². The van der Waals surface area contributed by atoms with Crippen LogP contribution in [0.5, 0.6) is 0 Å². The Hall–Kier alpha value is -0.480. The van der Waals surface area contributed by atoms with Crippen molar-refractivity contribution in [3.05, 3.63) is 0 Å². The van der Waals surface area contributed by atoms with E-state index in [2.05, 4.69) is 11.8 Å². The van der Waals surface area contributed by atoms with Crippen LogP contribution in [0, 0.1) is 11.8 Å². The zero-order valence-corrected chi connectivity index (χ0v) is 9.19. The first-order chi connectivity index (χ1) is 7.00. The largest absolute Gasteiger partial charge is 0.381 e. The third-order valence-electron chi connectivity index (χ3n) is 2.56. The maximum absolute atomic E-state index is 5.53. The van der Waals surface area contributed by atoms with Crippen molar-refractivity contribution >= 4 is 0 Å². The second-order valence-electron chi connectivity index (χ2n) is 3.94. The molecule has 0 amide bonds. The van der Waals surface area contributed by atoms with Crippen molar-refractivity contribution in [2.45, 2.75) is 57.8 Å². The highest BCUT2D eigenvalue weighted by Crippen LogP contribution is 2.06. The average Bonchev–Trinajstić information content (AvgIpc) is 2.22. The molecular formula is C13H22O. The Labute approximate surface area is 88.2 Å². The third kappa shape index (κ3) is 6.97. The third-order valence-corrected chi connectivity index (χ3v) is 2.56. The van der Waals surface area contributed by atoms with Gasteiger partial charge < -0.3 is 4.74 Å². The Bertz CT molecular complexity index is 157. The lowest BCUT2D eigenvalue weighted by atomic mass is 10.1.